The second kappa shape index (κ2) is 6.28. The first-order chi connectivity index (χ1) is 5.63. The van der Waals surface area contributed by atoms with Crippen molar-refractivity contribution in [2.45, 2.75) is 53.9 Å². The van der Waals surface area contributed by atoms with Crippen molar-refractivity contribution in [3.8, 4) is 0 Å². The van der Waals surface area contributed by atoms with Crippen molar-refractivity contribution >= 4 is 0 Å². The number of hydrogen-bond donors (Lipinski definition) is 0. The summed E-state index contributed by atoms with van der Waals surface area (Å²) >= 11 is 0. The van der Waals surface area contributed by atoms with E-state index >= 15 is 0 Å². The van der Waals surface area contributed by atoms with Gasteiger partial charge in [-0.1, -0.05) is 52.7 Å². The highest BCUT2D eigenvalue weighted by molar-refractivity contribution is 5.06. The first-order valence-corrected chi connectivity index (χ1v) is 5.32. The van der Waals surface area contributed by atoms with Gasteiger partial charge in [0.25, 0.3) is 0 Å². The Bertz CT molecular complexity index is 131. The van der Waals surface area contributed by atoms with Crippen LogP contribution in [0.25, 0.3) is 0 Å². The molecule has 0 aromatic heterocycles. The van der Waals surface area contributed by atoms with Crippen LogP contribution in [0.4, 0.5) is 0 Å². The van der Waals surface area contributed by atoms with Gasteiger partial charge in [-0.15, -0.1) is 0 Å². The van der Waals surface area contributed by atoms with E-state index in [2.05, 4.69) is 40.7 Å². The van der Waals surface area contributed by atoms with Gasteiger partial charge in [0.05, 0.1) is 0 Å². The molecule has 0 aliphatic heterocycles. The molecule has 72 valence electrons. The fraction of sp³-hybridized carbons (Fsp3) is 0.833. The molecule has 0 heteroatoms. The predicted octanol–water partition coefficient (Wildman–Crippen LogP) is 4.42. The molecule has 0 aliphatic rings. The minimum atomic E-state index is 0.768. The van der Waals surface area contributed by atoms with Crippen LogP contribution < -0.4 is 0 Å². The lowest BCUT2D eigenvalue weighted by Gasteiger charge is -2.19. The van der Waals surface area contributed by atoms with Crippen molar-refractivity contribution in [2.75, 3.05) is 0 Å². The highest BCUT2D eigenvalue weighted by Gasteiger charge is 2.10. The standard InChI is InChI=1S/C12H24/c1-6-8-12(9-7-2)11(5)10(3)4/h8,10-11H,6-7,9H2,1-5H3. The highest BCUT2D eigenvalue weighted by atomic mass is 14.2. The molecule has 0 saturated heterocycles. The van der Waals surface area contributed by atoms with Crippen molar-refractivity contribution in [2.24, 2.45) is 11.8 Å². The summed E-state index contributed by atoms with van der Waals surface area (Å²) in [6.45, 7) is 11.5. The molecular weight excluding hydrogens is 144 g/mol. The first-order valence-electron chi connectivity index (χ1n) is 5.32. The van der Waals surface area contributed by atoms with Crippen LogP contribution in [0.1, 0.15) is 53.9 Å². The van der Waals surface area contributed by atoms with Crippen LogP contribution in [0.3, 0.4) is 0 Å². The molecule has 1 atom stereocenters. The second-order valence-electron chi connectivity index (χ2n) is 3.97. The normalized spacial score (nSPS) is 15.3. The van der Waals surface area contributed by atoms with Crippen molar-refractivity contribution < 1.29 is 0 Å². The highest BCUT2D eigenvalue weighted by Crippen LogP contribution is 2.23. The molecule has 0 aromatic carbocycles. The van der Waals surface area contributed by atoms with E-state index in [-0.39, 0.29) is 0 Å². The molecule has 0 heterocycles. The average Bonchev–Trinajstić information content (AvgIpc) is 2.03. The smallest absolute Gasteiger partial charge is 0.0209 e. The summed E-state index contributed by atoms with van der Waals surface area (Å²) in [7, 11) is 0. The quantitative estimate of drug-likeness (QED) is 0.533. The molecule has 0 spiro atoms. The van der Waals surface area contributed by atoms with Crippen molar-refractivity contribution in [3.63, 3.8) is 0 Å². The summed E-state index contributed by atoms with van der Waals surface area (Å²) in [6, 6.07) is 0. The Balaban J connectivity index is 4.19. The minimum absolute atomic E-state index is 0.768. The lowest BCUT2D eigenvalue weighted by molar-refractivity contribution is 0.464. The van der Waals surface area contributed by atoms with Gasteiger partial charge in [-0.05, 0) is 24.7 Å². The topological polar surface area (TPSA) is 0 Å². The summed E-state index contributed by atoms with van der Waals surface area (Å²) in [5, 5.41) is 0. The maximum absolute atomic E-state index is 2.41. The molecule has 0 saturated carbocycles. The Hall–Kier alpha value is -0.260. The van der Waals surface area contributed by atoms with E-state index in [1.165, 1.54) is 19.3 Å². The van der Waals surface area contributed by atoms with E-state index < -0.39 is 0 Å². The van der Waals surface area contributed by atoms with Crippen LogP contribution in [0.2, 0.25) is 0 Å². The molecular formula is C12H24. The van der Waals surface area contributed by atoms with Gasteiger partial charge < -0.3 is 0 Å². The van der Waals surface area contributed by atoms with E-state index in [4.69, 9.17) is 0 Å². The molecule has 0 rings (SSSR count). The molecule has 1 unspecified atom stereocenters. The molecule has 0 nitrogen and oxygen atoms in total. The SMILES string of the molecule is CCC=C(CCC)C(C)C(C)C. The third-order valence-electron chi connectivity index (χ3n) is 2.59. The third kappa shape index (κ3) is 3.94. The summed E-state index contributed by atoms with van der Waals surface area (Å²) in [6.07, 6.45) is 6.16. The van der Waals surface area contributed by atoms with Crippen LogP contribution in [0.5, 0.6) is 0 Å². The van der Waals surface area contributed by atoms with Crippen LogP contribution in [-0.2, 0) is 0 Å². The van der Waals surface area contributed by atoms with Gasteiger partial charge in [-0.25, -0.2) is 0 Å². The maximum Gasteiger partial charge on any atom is -0.0209 e. The van der Waals surface area contributed by atoms with E-state index in [1.54, 1.807) is 5.57 Å². The van der Waals surface area contributed by atoms with Gasteiger partial charge in [0.2, 0.25) is 0 Å². The molecule has 0 N–H and O–H groups in total. The van der Waals surface area contributed by atoms with Gasteiger partial charge >= 0.3 is 0 Å². The number of hydrogen-bond acceptors (Lipinski definition) is 0. The van der Waals surface area contributed by atoms with Crippen molar-refractivity contribution in [3.05, 3.63) is 11.6 Å². The minimum Gasteiger partial charge on any atom is -0.0853 e. The monoisotopic (exact) mass is 168 g/mol. The number of rotatable bonds is 5. The van der Waals surface area contributed by atoms with Gasteiger partial charge in [-0.2, -0.15) is 0 Å². The second-order valence-corrected chi connectivity index (χ2v) is 3.97. The Morgan fingerprint density at radius 2 is 1.75 bits per heavy atom. The Morgan fingerprint density at radius 3 is 2.08 bits per heavy atom. The first kappa shape index (κ1) is 11.7. The molecule has 0 amide bonds. The van der Waals surface area contributed by atoms with E-state index in [9.17, 15) is 0 Å². The zero-order valence-electron chi connectivity index (χ0n) is 9.35. The van der Waals surface area contributed by atoms with E-state index in [0.29, 0.717) is 0 Å². The fourth-order valence-corrected chi connectivity index (χ4v) is 1.49. The van der Waals surface area contributed by atoms with Crippen molar-refractivity contribution in [1.29, 1.82) is 0 Å². The summed E-state index contributed by atoms with van der Waals surface area (Å²) < 4.78 is 0. The van der Waals surface area contributed by atoms with Crippen LogP contribution in [0, 0.1) is 11.8 Å². The predicted molar refractivity (Wildman–Crippen MR) is 57.3 cm³/mol. The molecule has 0 aliphatic carbocycles. The van der Waals surface area contributed by atoms with Crippen LogP contribution in [-0.4, -0.2) is 0 Å². The van der Waals surface area contributed by atoms with Crippen LogP contribution >= 0.6 is 0 Å². The fourth-order valence-electron chi connectivity index (χ4n) is 1.49. The van der Waals surface area contributed by atoms with E-state index in [1.807, 2.05) is 0 Å². The largest absolute Gasteiger partial charge is 0.0853 e. The summed E-state index contributed by atoms with van der Waals surface area (Å²) in [5.74, 6) is 1.55. The molecule has 0 bridgehead atoms. The maximum atomic E-state index is 2.41. The molecule has 0 radical (unpaired) electrons. The molecule has 12 heavy (non-hydrogen) atoms. The van der Waals surface area contributed by atoms with E-state index in [0.717, 1.165) is 11.8 Å². The molecule has 0 aromatic rings. The summed E-state index contributed by atoms with van der Waals surface area (Å²) in [5.41, 5.74) is 1.66. The Kier molecular flexibility index (Phi) is 6.14. The van der Waals surface area contributed by atoms with Crippen molar-refractivity contribution in [1.82, 2.24) is 0 Å². The van der Waals surface area contributed by atoms with Gasteiger partial charge in [0.15, 0.2) is 0 Å². The zero-order chi connectivity index (χ0) is 9.56. The van der Waals surface area contributed by atoms with Gasteiger partial charge in [0.1, 0.15) is 0 Å². The lowest BCUT2D eigenvalue weighted by atomic mass is 9.87. The zero-order valence-corrected chi connectivity index (χ0v) is 9.35. The van der Waals surface area contributed by atoms with Gasteiger partial charge in [-0.3, -0.25) is 0 Å². The van der Waals surface area contributed by atoms with Crippen LogP contribution in [0.15, 0.2) is 11.6 Å². The third-order valence-corrected chi connectivity index (χ3v) is 2.59. The summed E-state index contributed by atoms with van der Waals surface area (Å²) in [4.78, 5) is 0. The molecule has 0 fully saturated rings. The lowest BCUT2D eigenvalue weighted by Crippen LogP contribution is -2.07. The Morgan fingerprint density at radius 1 is 1.17 bits per heavy atom. The average molecular weight is 168 g/mol. The van der Waals surface area contributed by atoms with Gasteiger partial charge in [0, 0.05) is 0 Å². The number of allylic oxidation sites excluding steroid dienone is 2. The Labute approximate surface area is 78.1 Å².